The average Bonchev–Trinajstić information content (AvgIpc) is 3.28. The van der Waals surface area contributed by atoms with E-state index in [0.29, 0.717) is 10.9 Å². The summed E-state index contributed by atoms with van der Waals surface area (Å²) in [6.07, 6.45) is 1.80. The fourth-order valence-electron chi connectivity index (χ4n) is 2.73. The summed E-state index contributed by atoms with van der Waals surface area (Å²) in [6.45, 7) is 1.87. The molecule has 1 atom stereocenters. The molecule has 0 radical (unpaired) electrons. The zero-order valence-corrected chi connectivity index (χ0v) is 12.8. The van der Waals surface area contributed by atoms with Crippen molar-refractivity contribution >= 4 is 26.8 Å². The second kappa shape index (κ2) is 4.73. The van der Waals surface area contributed by atoms with Gasteiger partial charge in [0, 0.05) is 0 Å². The molecular weight excluding hydrogens is 319 g/mol. The predicted molar refractivity (Wildman–Crippen MR) is 74.2 cm³/mol. The van der Waals surface area contributed by atoms with Crippen molar-refractivity contribution in [3.63, 3.8) is 0 Å². The number of benzene rings is 1. The van der Waals surface area contributed by atoms with E-state index in [0.717, 1.165) is 18.4 Å². The standard InChI is InChI=1S/C15H14N2O2Se/c1-15(8-20-9-16)12-5-3-2-4-11(12)13(18)17(14(15)19)10-6-7-10/h2-5,10H,6-8H2,1H3. The zero-order chi connectivity index (χ0) is 14.3. The first-order valence-corrected chi connectivity index (χ1v) is 8.65. The van der Waals surface area contributed by atoms with Crippen LogP contribution in [0.1, 0.15) is 35.7 Å². The molecule has 2 amide bonds. The summed E-state index contributed by atoms with van der Waals surface area (Å²) < 4.78 is 0. The summed E-state index contributed by atoms with van der Waals surface area (Å²) in [5.41, 5.74) is 0.669. The van der Waals surface area contributed by atoms with Gasteiger partial charge in [-0.15, -0.1) is 0 Å². The molecular formula is C15H14N2O2Se. The number of fused-ring (bicyclic) bond motifs is 1. The van der Waals surface area contributed by atoms with Gasteiger partial charge in [-0.25, -0.2) is 0 Å². The fourth-order valence-corrected chi connectivity index (χ4v) is 4.06. The summed E-state index contributed by atoms with van der Waals surface area (Å²) in [5, 5.41) is 9.39. The van der Waals surface area contributed by atoms with Crippen LogP contribution in [0, 0.1) is 10.2 Å². The van der Waals surface area contributed by atoms with Crippen molar-refractivity contribution in [2.24, 2.45) is 0 Å². The molecule has 0 bridgehead atoms. The van der Waals surface area contributed by atoms with Crippen molar-refractivity contribution in [2.75, 3.05) is 0 Å². The van der Waals surface area contributed by atoms with Crippen LogP contribution in [0.2, 0.25) is 5.32 Å². The first-order chi connectivity index (χ1) is 9.59. The van der Waals surface area contributed by atoms with E-state index in [4.69, 9.17) is 5.26 Å². The molecule has 1 fully saturated rings. The van der Waals surface area contributed by atoms with E-state index >= 15 is 0 Å². The quantitative estimate of drug-likeness (QED) is 0.625. The minimum atomic E-state index is -0.733. The van der Waals surface area contributed by atoms with Gasteiger partial charge in [0.1, 0.15) is 0 Å². The number of imide groups is 1. The molecule has 0 saturated heterocycles. The maximum atomic E-state index is 12.8. The van der Waals surface area contributed by atoms with Crippen LogP contribution in [-0.4, -0.2) is 37.7 Å². The molecule has 1 aromatic rings. The van der Waals surface area contributed by atoms with Crippen LogP contribution < -0.4 is 0 Å². The maximum absolute atomic E-state index is 12.8. The van der Waals surface area contributed by atoms with Crippen LogP contribution in [0.4, 0.5) is 0 Å². The van der Waals surface area contributed by atoms with Gasteiger partial charge >= 0.3 is 123 Å². The number of amides is 2. The van der Waals surface area contributed by atoms with Gasteiger partial charge in [0.15, 0.2) is 0 Å². The monoisotopic (exact) mass is 334 g/mol. The first kappa shape index (κ1) is 13.4. The molecule has 0 N–H and O–H groups in total. The van der Waals surface area contributed by atoms with Crippen LogP contribution in [0.15, 0.2) is 24.3 Å². The summed E-state index contributed by atoms with van der Waals surface area (Å²) in [6, 6.07) is 7.38. The van der Waals surface area contributed by atoms with Gasteiger partial charge in [-0.2, -0.15) is 0 Å². The average molecular weight is 333 g/mol. The number of carbonyl (C=O) groups excluding carboxylic acids is 2. The van der Waals surface area contributed by atoms with Crippen LogP contribution in [0.3, 0.4) is 0 Å². The molecule has 1 aromatic carbocycles. The van der Waals surface area contributed by atoms with E-state index in [1.54, 1.807) is 6.07 Å². The molecule has 1 unspecified atom stereocenters. The molecule has 1 aliphatic carbocycles. The van der Waals surface area contributed by atoms with Gasteiger partial charge in [0.05, 0.1) is 0 Å². The van der Waals surface area contributed by atoms with E-state index < -0.39 is 5.41 Å². The Hall–Kier alpha value is -1.63. The second-order valence-electron chi connectivity index (χ2n) is 5.47. The SMILES string of the molecule is CC1(C[Se]C#N)C(=O)N(C2CC2)C(=O)c2ccccc21. The van der Waals surface area contributed by atoms with E-state index in [-0.39, 0.29) is 32.8 Å². The third-order valence-electron chi connectivity index (χ3n) is 4.00. The topological polar surface area (TPSA) is 61.2 Å². The Balaban J connectivity index is 2.12. The summed E-state index contributed by atoms with van der Waals surface area (Å²) in [5.74, 6) is -0.296. The molecule has 1 aliphatic heterocycles. The summed E-state index contributed by atoms with van der Waals surface area (Å²) in [7, 11) is 0. The van der Waals surface area contributed by atoms with Gasteiger partial charge in [0.2, 0.25) is 0 Å². The van der Waals surface area contributed by atoms with Crippen LogP contribution in [-0.2, 0) is 10.2 Å². The molecule has 102 valence electrons. The number of carbonyl (C=O) groups is 2. The van der Waals surface area contributed by atoms with Gasteiger partial charge in [-0.3, -0.25) is 0 Å². The van der Waals surface area contributed by atoms with Gasteiger partial charge in [-0.1, -0.05) is 0 Å². The molecule has 1 saturated carbocycles. The van der Waals surface area contributed by atoms with Crippen molar-refractivity contribution in [2.45, 2.75) is 36.5 Å². The Kier molecular flexibility index (Phi) is 3.16. The number of hydrogen-bond donors (Lipinski definition) is 0. The molecule has 2 aliphatic rings. The second-order valence-corrected chi connectivity index (χ2v) is 7.06. The van der Waals surface area contributed by atoms with Gasteiger partial charge < -0.3 is 0 Å². The molecule has 1 heterocycles. The Morgan fingerprint density at radius 2 is 2.10 bits per heavy atom. The van der Waals surface area contributed by atoms with Crippen molar-refractivity contribution in [1.29, 1.82) is 5.26 Å². The van der Waals surface area contributed by atoms with Crippen LogP contribution in [0.5, 0.6) is 0 Å². The molecule has 20 heavy (non-hydrogen) atoms. The molecule has 0 spiro atoms. The van der Waals surface area contributed by atoms with Gasteiger partial charge in [0.25, 0.3) is 0 Å². The molecule has 4 nitrogen and oxygen atoms in total. The Morgan fingerprint density at radius 1 is 1.40 bits per heavy atom. The van der Waals surface area contributed by atoms with E-state index in [9.17, 15) is 9.59 Å². The van der Waals surface area contributed by atoms with Crippen LogP contribution in [0.25, 0.3) is 0 Å². The fraction of sp³-hybridized carbons (Fsp3) is 0.400. The normalized spacial score (nSPS) is 25.3. The Labute approximate surface area is 123 Å². The summed E-state index contributed by atoms with van der Waals surface area (Å²) in [4.78, 5) is 28.9. The number of nitriles is 1. The molecule has 0 aromatic heterocycles. The van der Waals surface area contributed by atoms with Gasteiger partial charge in [-0.05, 0) is 0 Å². The van der Waals surface area contributed by atoms with E-state index in [1.807, 2.05) is 25.1 Å². The predicted octanol–water partition coefficient (Wildman–Crippen LogP) is 1.69. The van der Waals surface area contributed by atoms with Crippen molar-refractivity contribution in [3.05, 3.63) is 35.4 Å². The van der Waals surface area contributed by atoms with Crippen molar-refractivity contribution in [3.8, 4) is 4.97 Å². The third kappa shape index (κ3) is 1.88. The van der Waals surface area contributed by atoms with Crippen molar-refractivity contribution < 1.29 is 9.59 Å². The minimum absolute atomic E-state index is 0.0669. The van der Waals surface area contributed by atoms with Crippen molar-refractivity contribution in [1.82, 2.24) is 4.90 Å². The number of hydrogen-bond acceptors (Lipinski definition) is 3. The van der Waals surface area contributed by atoms with E-state index in [1.165, 1.54) is 4.90 Å². The number of rotatable bonds is 3. The molecule has 3 rings (SSSR count). The first-order valence-electron chi connectivity index (χ1n) is 6.58. The third-order valence-corrected chi connectivity index (χ3v) is 5.78. The Bertz CT molecular complexity index is 633. The summed E-state index contributed by atoms with van der Waals surface area (Å²) >= 11 is -0.257. The number of nitrogens with zero attached hydrogens (tertiary/aromatic N) is 2. The van der Waals surface area contributed by atoms with E-state index in [2.05, 4.69) is 4.97 Å². The van der Waals surface area contributed by atoms with Crippen LogP contribution >= 0.6 is 0 Å². The zero-order valence-electron chi connectivity index (χ0n) is 11.1. The molecule has 5 heteroatoms. The Morgan fingerprint density at radius 3 is 2.75 bits per heavy atom.